The topological polar surface area (TPSA) is 53.5 Å². The minimum absolute atomic E-state index is 0.128. The molecule has 0 spiro atoms. The summed E-state index contributed by atoms with van der Waals surface area (Å²) in [5.74, 6) is 0.275. The van der Waals surface area contributed by atoms with Crippen LogP contribution in [0.1, 0.15) is 56.2 Å². The second-order valence-corrected chi connectivity index (χ2v) is 7.35. The summed E-state index contributed by atoms with van der Waals surface area (Å²) in [5.41, 5.74) is 2.33. The third kappa shape index (κ3) is 4.80. The average molecular weight is 343 g/mol. The summed E-state index contributed by atoms with van der Waals surface area (Å²) in [5, 5.41) is 0. The molecule has 0 radical (unpaired) electrons. The van der Waals surface area contributed by atoms with Crippen LogP contribution in [0.2, 0.25) is 0 Å². The summed E-state index contributed by atoms with van der Waals surface area (Å²) >= 11 is 0. The summed E-state index contributed by atoms with van der Waals surface area (Å²) in [6.45, 7) is 3.84. The number of hydrogen-bond donors (Lipinski definition) is 0. The number of hydrogen-bond acceptors (Lipinski definition) is 3. The monoisotopic (exact) mass is 343 g/mol. The van der Waals surface area contributed by atoms with Crippen molar-refractivity contribution in [2.45, 2.75) is 64.3 Å². The first kappa shape index (κ1) is 17.9. The largest absolute Gasteiger partial charge is 0.338 e. The summed E-state index contributed by atoms with van der Waals surface area (Å²) in [4.78, 5) is 32.9. The first-order chi connectivity index (χ1) is 12.1. The fraction of sp³-hybridized carbons (Fsp3) is 0.650. The first-order valence-electron chi connectivity index (χ1n) is 9.62. The van der Waals surface area contributed by atoms with Gasteiger partial charge in [0.05, 0.1) is 6.54 Å². The highest BCUT2D eigenvalue weighted by Gasteiger charge is 2.30. The van der Waals surface area contributed by atoms with E-state index in [2.05, 4.69) is 17.1 Å². The van der Waals surface area contributed by atoms with Crippen LogP contribution in [0.5, 0.6) is 0 Å². The van der Waals surface area contributed by atoms with Crippen LogP contribution in [-0.4, -0.2) is 52.3 Å². The number of carbonyl (C=O) groups is 2. The molecule has 2 amide bonds. The Morgan fingerprint density at radius 3 is 2.96 bits per heavy atom. The van der Waals surface area contributed by atoms with Gasteiger partial charge in [-0.3, -0.25) is 14.6 Å². The molecule has 0 aliphatic carbocycles. The Labute approximate surface area is 150 Å². The third-order valence-corrected chi connectivity index (χ3v) is 5.42. The van der Waals surface area contributed by atoms with Crippen molar-refractivity contribution in [3.05, 3.63) is 29.6 Å². The Morgan fingerprint density at radius 2 is 2.12 bits per heavy atom. The lowest BCUT2D eigenvalue weighted by Gasteiger charge is -2.28. The van der Waals surface area contributed by atoms with Gasteiger partial charge < -0.3 is 9.80 Å². The van der Waals surface area contributed by atoms with E-state index in [9.17, 15) is 9.59 Å². The number of nitrogens with zero attached hydrogens (tertiary/aromatic N) is 3. The molecule has 2 aliphatic heterocycles. The fourth-order valence-electron chi connectivity index (χ4n) is 4.02. The molecule has 0 aromatic carbocycles. The maximum atomic E-state index is 12.8. The van der Waals surface area contributed by atoms with Crippen LogP contribution in [-0.2, 0) is 16.0 Å². The van der Waals surface area contributed by atoms with Crippen LogP contribution in [0.3, 0.4) is 0 Å². The molecular formula is C20H29N3O2. The van der Waals surface area contributed by atoms with Gasteiger partial charge in [-0.15, -0.1) is 0 Å². The maximum Gasteiger partial charge on any atom is 0.242 e. The SMILES string of the molecule is Cc1cc(CCC2CCCN2C(=O)CN2CCCCCC2=O)ccn1. The molecule has 2 saturated heterocycles. The van der Waals surface area contributed by atoms with Gasteiger partial charge in [0.2, 0.25) is 11.8 Å². The molecule has 1 aromatic heterocycles. The van der Waals surface area contributed by atoms with Gasteiger partial charge in [0.1, 0.15) is 0 Å². The van der Waals surface area contributed by atoms with Gasteiger partial charge in [-0.1, -0.05) is 6.42 Å². The number of carbonyl (C=O) groups excluding carboxylic acids is 2. The molecule has 136 valence electrons. The van der Waals surface area contributed by atoms with Gasteiger partial charge >= 0.3 is 0 Å². The number of aryl methyl sites for hydroxylation is 2. The zero-order valence-corrected chi connectivity index (χ0v) is 15.2. The Morgan fingerprint density at radius 1 is 1.24 bits per heavy atom. The molecule has 1 unspecified atom stereocenters. The minimum atomic E-state index is 0.128. The van der Waals surface area contributed by atoms with E-state index in [1.807, 2.05) is 18.0 Å². The van der Waals surface area contributed by atoms with Gasteiger partial charge in [-0.2, -0.15) is 0 Å². The number of aromatic nitrogens is 1. The normalized spacial score (nSPS) is 21.5. The summed E-state index contributed by atoms with van der Waals surface area (Å²) < 4.78 is 0. The van der Waals surface area contributed by atoms with Crippen molar-refractivity contribution < 1.29 is 9.59 Å². The maximum absolute atomic E-state index is 12.8. The van der Waals surface area contributed by atoms with Crippen LogP contribution in [0.4, 0.5) is 0 Å². The third-order valence-electron chi connectivity index (χ3n) is 5.42. The first-order valence-corrected chi connectivity index (χ1v) is 9.62. The van der Waals surface area contributed by atoms with Gasteiger partial charge in [0, 0.05) is 37.4 Å². The Bertz CT molecular complexity index is 617. The van der Waals surface area contributed by atoms with Gasteiger partial charge in [-0.25, -0.2) is 0 Å². The van der Waals surface area contributed by atoms with Crippen LogP contribution in [0, 0.1) is 6.92 Å². The van der Waals surface area contributed by atoms with Crippen molar-refractivity contribution >= 4 is 11.8 Å². The second kappa shape index (κ2) is 8.45. The van der Waals surface area contributed by atoms with Crippen molar-refractivity contribution in [1.82, 2.24) is 14.8 Å². The van der Waals surface area contributed by atoms with Crippen LogP contribution in [0.15, 0.2) is 18.3 Å². The van der Waals surface area contributed by atoms with E-state index in [-0.39, 0.29) is 18.4 Å². The van der Waals surface area contributed by atoms with Crippen LogP contribution in [0.25, 0.3) is 0 Å². The lowest BCUT2D eigenvalue weighted by molar-refractivity contribution is -0.140. The lowest BCUT2D eigenvalue weighted by atomic mass is 10.0. The van der Waals surface area contributed by atoms with E-state index < -0.39 is 0 Å². The second-order valence-electron chi connectivity index (χ2n) is 7.35. The van der Waals surface area contributed by atoms with E-state index in [4.69, 9.17) is 0 Å². The molecule has 0 bridgehead atoms. The van der Waals surface area contributed by atoms with E-state index >= 15 is 0 Å². The Balaban J connectivity index is 1.55. The number of likely N-dealkylation sites (tertiary alicyclic amines) is 2. The quantitative estimate of drug-likeness (QED) is 0.826. The molecule has 1 atom stereocenters. The minimum Gasteiger partial charge on any atom is -0.338 e. The zero-order valence-electron chi connectivity index (χ0n) is 15.2. The molecule has 5 nitrogen and oxygen atoms in total. The highest BCUT2D eigenvalue weighted by Crippen LogP contribution is 2.23. The predicted octanol–water partition coefficient (Wildman–Crippen LogP) is 2.72. The van der Waals surface area contributed by atoms with Crippen molar-refractivity contribution in [3.8, 4) is 0 Å². The standard InChI is InChI=1S/C20H29N3O2/c1-16-14-17(10-11-21-16)8-9-18-6-5-13-23(18)20(25)15-22-12-4-2-3-7-19(22)24/h10-11,14,18H,2-9,12-13,15H2,1H3. The molecule has 0 N–H and O–H groups in total. The van der Waals surface area contributed by atoms with Crippen molar-refractivity contribution in [2.24, 2.45) is 0 Å². The molecule has 1 aromatic rings. The van der Waals surface area contributed by atoms with E-state index in [1.54, 1.807) is 4.90 Å². The molecule has 3 rings (SSSR count). The van der Waals surface area contributed by atoms with Gasteiger partial charge in [0.15, 0.2) is 0 Å². The van der Waals surface area contributed by atoms with Gasteiger partial charge in [0.25, 0.3) is 0 Å². The van der Waals surface area contributed by atoms with Crippen molar-refractivity contribution in [3.63, 3.8) is 0 Å². The van der Waals surface area contributed by atoms with Crippen LogP contribution < -0.4 is 0 Å². The molecule has 25 heavy (non-hydrogen) atoms. The number of pyridine rings is 1. The predicted molar refractivity (Wildman–Crippen MR) is 97.1 cm³/mol. The highest BCUT2D eigenvalue weighted by atomic mass is 16.2. The van der Waals surface area contributed by atoms with Gasteiger partial charge in [-0.05, 0) is 63.1 Å². The molecule has 0 saturated carbocycles. The van der Waals surface area contributed by atoms with E-state index in [0.717, 1.165) is 63.7 Å². The molecule has 2 aliphatic rings. The Kier molecular flexibility index (Phi) is 6.05. The Hall–Kier alpha value is -1.91. The summed E-state index contributed by atoms with van der Waals surface area (Å²) in [6.07, 6.45) is 9.62. The molecular weight excluding hydrogens is 314 g/mol. The highest BCUT2D eigenvalue weighted by molar-refractivity contribution is 5.85. The van der Waals surface area contributed by atoms with Crippen molar-refractivity contribution in [2.75, 3.05) is 19.6 Å². The zero-order chi connectivity index (χ0) is 17.6. The van der Waals surface area contributed by atoms with Crippen LogP contribution >= 0.6 is 0 Å². The lowest BCUT2D eigenvalue weighted by Crippen LogP contribution is -2.44. The molecule has 5 heteroatoms. The summed E-state index contributed by atoms with van der Waals surface area (Å²) in [7, 11) is 0. The average Bonchev–Trinajstić information content (AvgIpc) is 2.98. The fourth-order valence-corrected chi connectivity index (χ4v) is 4.02. The number of rotatable bonds is 5. The molecule has 2 fully saturated rings. The van der Waals surface area contributed by atoms with E-state index in [0.29, 0.717) is 12.5 Å². The van der Waals surface area contributed by atoms with E-state index in [1.165, 1.54) is 5.56 Å². The summed E-state index contributed by atoms with van der Waals surface area (Å²) in [6, 6.07) is 4.49. The smallest absolute Gasteiger partial charge is 0.242 e. The number of amides is 2. The molecule has 3 heterocycles. The van der Waals surface area contributed by atoms with Crippen molar-refractivity contribution in [1.29, 1.82) is 0 Å².